The lowest BCUT2D eigenvalue weighted by atomic mass is 9.89. The van der Waals surface area contributed by atoms with E-state index in [1.807, 2.05) is 0 Å². The van der Waals surface area contributed by atoms with Crippen LogP contribution in [-0.2, 0) is 10.0 Å². The van der Waals surface area contributed by atoms with Crippen molar-refractivity contribution in [2.75, 3.05) is 5.32 Å². The Morgan fingerprint density at radius 2 is 1.68 bits per heavy atom. The zero-order valence-electron chi connectivity index (χ0n) is 13.6. The fourth-order valence-corrected chi connectivity index (χ4v) is 4.76. The van der Waals surface area contributed by atoms with Gasteiger partial charge in [0, 0.05) is 5.69 Å². The summed E-state index contributed by atoms with van der Waals surface area (Å²) in [4.78, 5) is 0.221. The van der Waals surface area contributed by atoms with Crippen LogP contribution in [0, 0.1) is 5.82 Å². The molecule has 1 fully saturated rings. The number of halogens is 2. The Labute approximate surface area is 152 Å². The number of sulfonamides is 1. The van der Waals surface area contributed by atoms with Gasteiger partial charge >= 0.3 is 0 Å². The van der Waals surface area contributed by atoms with E-state index in [2.05, 4.69) is 10.0 Å². The summed E-state index contributed by atoms with van der Waals surface area (Å²) in [5, 5.41) is 3.25. The monoisotopic (exact) mass is 382 g/mol. The van der Waals surface area contributed by atoms with Crippen molar-refractivity contribution in [3.8, 4) is 0 Å². The minimum Gasteiger partial charge on any atom is -0.366 e. The third kappa shape index (κ3) is 4.32. The molecule has 2 aromatic carbocycles. The van der Waals surface area contributed by atoms with Gasteiger partial charge in [0.25, 0.3) is 0 Å². The van der Waals surface area contributed by atoms with Crippen LogP contribution in [0.4, 0.5) is 10.1 Å². The van der Waals surface area contributed by atoms with Crippen LogP contribution in [0.25, 0.3) is 0 Å². The van der Waals surface area contributed by atoms with Crippen LogP contribution in [0.1, 0.15) is 32.1 Å². The van der Waals surface area contributed by atoms with Crippen molar-refractivity contribution >= 4 is 27.3 Å². The second-order valence-corrected chi connectivity index (χ2v) is 8.40. The molecule has 25 heavy (non-hydrogen) atoms. The van der Waals surface area contributed by atoms with Crippen LogP contribution in [0.15, 0.2) is 53.4 Å². The van der Waals surface area contributed by atoms with E-state index >= 15 is 0 Å². The zero-order valence-corrected chi connectivity index (χ0v) is 15.2. The Hall–Kier alpha value is -1.63. The molecule has 0 heterocycles. The number of benzene rings is 2. The van der Waals surface area contributed by atoms with Crippen LogP contribution in [0.3, 0.4) is 0 Å². The molecule has 1 aliphatic rings. The summed E-state index contributed by atoms with van der Waals surface area (Å²) < 4.78 is 41.8. The lowest BCUT2D eigenvalue weighted by molar-refractivity contribution is 0.304. The van der Waals surface area contributed by atoms with Gasteiger partial charge in [-0.05, 0) is 56.0 Å². The Kier molecular flexibility index (Phi) is 5.32. The Bertz CT molecular complexity index is 837. The fraction of sp³-hybridized carbons (Fsp3) is 0.333. The maximum Gasteiger partial charge on any atom is 0.242 e. The van der Waals surface area contributed by atoms with E-state index < -0.39 is 21.5 Å². The summed E-state index contributed by atoms with van der Waals surface area (Å²) in [6, 6.07) is 12.6. The highest BCUT2D eigenvalue weighted by Gasteiger charge is 2.36. The van der Waals surface area contributed by atoms with Crippen molar-refractivity contribution in [1.82, 2.24) is 4.72 Å². The van der Waals surface area contributed by atoms with Gasteiger partial charge in [-0.3, -0.25) is 0 Å². The molecule has 0 bridgehead atoms. The standard InChI is InChI=1S/C18H20ClFN2O2S/c19-16-13-14(9-10-17(16)20)21-18(11-5-2-6-12-18)22-25(23,24)15-7-3-1-4-8-15/h1,3-4,7-10,13,21-22H,2,5-6,11-12H2. The predicted molar refractivity (Wildman–Crippen MR) is 97.6 cm³/mol. The van der Waals surface area contributed by atoms with Crippen molar-refractivity contribution < 1.29 is 12.8 Å². The first-order valence-electron chi connectivity index (χ1n) is 8.23. The second-order valence-electron chi connectivity index (χ2n) is 6.32. The summed E-state index contributed by atoms with van der Waals surface area (Å²) in [6.45, 7) is 0. The van der Waals surface area contributed by atoms with Gasteiger partial charge in [0.2, 0.25) is 10.0 Å². The molecule has 0 aromatic heterocycles. The van der Waals surface area contributed by atoms with Crippen molar-refractivity contribution in [2.24, 2.45) is 0 Å². The first kappa shape index (κ1) is 18.2. The van der Waals surface area contributed by atoms with E-state index in [-0.39, 0.29) is 9.92 Å². The molecule has 0 aliphatic heterocycles. The summed E-state index contributed by atoms with van der Waals surface area (Å²) in [6.07, 6.45) is 4.15. The highest BCUT2D eigenvalue weighted by Crippen LogP contribution is 2.32. The highest BCUT2D eigenvalue weighted by molar-refractivity contribution is 7.89. The van der Waals surface area contributed by atoms with Gasteiger partial charge in [-0.15, -0.1) is 0 Å². The molecule has 0 saturated heterocycles. The molecular weight excluding hydrogens is 363 g/mol. The van der Waals surface area contributed by atoms with Crippen LogP contribution >= 0.6 is 11.6 Å². The maximum absolute atomic E-state index is 13.4. The minimum atomic E-state index is -3.68. The number of hydrogen-bond donors (Lipinski definition) is 2. The van der Waals surface area contributed by atoms with E-state index in [9.17, 15) is 12.8 Å². The van der Waals surface area contributed by atoms with E-state index in [1.54, 1.807) is 36.4 Å². The average molecular weight is 383 g/mol. The first-order valence-corrected chi connectivity index (χ1v) is 10.1. The van der Waals surface area contributed by atoms with Crippen molar-refractivity contribution in [2.45, 2.75) is 42.7 Å². The van der Waals surface area contributed by atoms with Gasteiger partial charge in [0.05, 0.1) is 9.92 Å². The molecule has 0 spiro atoms. The molecule has 1 aliphatic carbocycles. The molecule has 0 unspecified atom stereocenters. The number of nitrogens with one attached hydrogen (secondary N) is 2. The summed E-state index contributed by atoms with van der Waals surface area (Å²) >= 11 is 5.85. The van der Waals surface area contributed by atoms with Gasteiger partial charge in [-0.1, -0.05) is 36.2 Å². The molecule has 2 N–H and O–H groups in total. The van der Waals surface area contributed by atoms with Crippen LogP contribution < -0.4 is 10.0 Å². The average Bonchev–Trinajstić information content (AvgIpc) is 2.59. The lowest BCUT2D eigenvalue weighted by Gasteiger charge is -2.39. The van der Waals surface area contributed by atoms with E-state index in [4.69, 9.17) is 11.6 Å². The molecular formula is C18H20ClFN2O2S. The number of rotatable bonds is 5. The van der Waals surface area contributed by atoms with Gasteiger partial charge in [0.1, 0.15) is 11.5 Å². The van der Waals surface area contributed by atoms with Gasteiger partial charge < -0.3 is 5.32 Å². The Morgan fingerprint density at radius 1 is 1.00 bits per heavy atom. The lowest BCUT2D eigenvalue weighted by Crippen LogP contribution is -2.55. The molecule has 0 radical (unpaired) electrons. The quantitative estimate of drug-likeness (QED) is 0.747. The molecule has 0 atom stereocenters. The summed E-state index contributed by atoms with van der Waals surface area (Å²) in [7, 11) is -3.68. The smallest absolute Gasteiger partial charge is 0.242 e. The predicted octanol–water partition coefficient (Wildman–Crippen LogP) is 4.53. The fourth-order valence-electron chi connectivity index (χ4n) is 3.17. The number of anilines is 1. The third-order valence-electron chi connectivity index (χ3n) is 4.39. The van der Waals surface area contributed by atoms with E-state index in [1.165, 1.54) is 12.1 Å². The third-order valence-corrected chi connectivity index (χ3v) is 6.24. The molecule has 2 aromatic rings. The van der Waals surface area contributed by atoms with Gasteiger partial charge in [0.15, 0.2) is 0 Å². The van der Waals surface area contributed by atoms with Crippen LogP contribution in [0.5, 0.6) is 0 Å². The number of hydrogen-bond acceptors (Lipinski definition) is 3. The van der Waals surface area contributed by atoms with Crippen molar-refractivity contribution in [1.29, 1.82) is 0 Å². The normalized spacial score (nSPS) is 17.2. The van der Waals surface area contributed by atoms with Crippen molar-refractivity contribution in [3.63, 3.8) is 0 Å². The topological polar surface area (TPSA) is 58.2 Å². The molecule has 134 valence electrons. The first-order chi connectivity index (χ1) is 11.9. The Balaban J connectivity index is 1.89. The van der Waals surface area contributed by atoms with Crippen LogP contribution in [0.2, 0.25) is 5.02 Å². The van der Waals surface area contributed by atoms with E-state index in [0.717, 1.165) is 19.3 Å². The van der Waals surface area contributed by atoms with Gasteiger partial charge in [-0.25, -0.2) is 12.8 Å². The van der Waals surface area contributed by atoms with Gasteiger partial charge in [-0.2, -0.15) is 4.72 Å². The minimum absolute atomic E-state index is 0.00174. The van der Waals surface area contributed by atoms with Crippen LogP contribution in [-0.4, -0.2) is 14.1 Å². The SMILES string of the molecule is O=S(=O)(NC1(Nc2ccc(F)c(Cl)c2)CCCCC1)c1ccccc1. The summed E-state index contributed by atoms with van der Waals surface area (Å²) in [5.74, 6) is -0.505. The zero-order chi connectivity index (χ0) is 17.9. The van der Waals surface area contributed by atoms with E-state index in [0.29, 0.717) is 18.5 Å². The summed E-state index contributed by atoms with van der Waals surface area (Å²) in [5.41, 5.74) is -0.224. The maximum atomic E-state index is 13.4. The molecule has 0 amide bonds. The molecule has 4 nitrogen and oxygen atoms in total. The highest BCUT2D eigenvalue weighted by atomic mass is 35.5. The Morgan fingerprint density at radius 3 is 2.32 bits per heavy atom. The molecule has 1 saturated carbocycles. The largest absolute Gasteiger partial charge is 0.366 e. The molecule has 7 heteroatoms. The van der Waals surface area contributed by atoms with Crippen molar-refractivity contribution in [3.05, 3.63) is 59.4 Å². The molecule has 3 rings (SSSR count). The second kappa shape index (κ2) is 7.32.